The van der Waals surface area contributed by atoms with Crippen LogP contribution in [0.5, 0.6) is 11.6 Å². The largest absolute Gasteiger partial charge is 0.530 e. The van der Waals surface area contributed by atoms with Gasteiger partial charge < -0.3 is 34.5 Å². The SMILES string of the molecule is CCOc1nc(N)nc2c1ncn2[C@@H]1O[C@@H]2CO[P@](=O)(Oc3ccc(C[C@@H](NC(=O)OC)C(=O)OC(C)C)cc3)O[C@H]2[C@@]1(C)F. The maximum atomic E-state index is 16.5. The number of alkyl halides is 1. The second kappa shape index (κ2) is 12.7. The normalized spacial score (nSPS) is 26.7. The molecule has 0 spiro atoms. The number of carbonyl (C=O) groups excluding carboxylic acids is 2. The number of hydrogen-bond donors (Lipinski definition) is 2. The first-order valence-electron chi connectivity index (χ1n) is 14.1. The van der Waals surface area contributed by atoms with Gasteiger partial charge in [0.05, 0.1) is 32.8 Å². The van der Waals surface area contributed by atoms with E-state index in [0.29, 0.717) is 12.2 Å². The molecule has 45 heavy (non-hydrogen) atoms. The van der Waals surface area contributed by atoms with Crippen molar-refractivity contribution >= 4 is 37.0 Å². The molecule has 0 unspecified atom stereocenters. The lowest BCUT2D eigenvalue weighted by Gasteiger charge is -2.33. The first-order valence-corrected chi connectivity index (χ1v) is 15.5. The predicted molar refractivity (Wildman–Crippen MR) is 154 cm³/mol. The Balaban J connectivity index is 1.29. The van der Waals surface area contributed by atoms with E-state index in [1.54, 1.807) is 32.9 Å². The number of esters is 1. The van der Waals surface area contributed by atoms with Gasteiger partial charge in [-0.25, -0.2) is 23.5 Å². The Labute approximate surface area is 257 Å². The number of imidazole rings is 1. The molecule has 1 amide bonds. The number of rotatable bonds is 10. The van der Waals surface area contributed by atoms with Gasteiger partial charge in [-0.2, -0.15) is 9.97 Å². The molecule has 18 heteroatoms. The third kappa shape index (κ3) is 6.81. The number of phosphoric acid groups is 1. The van der Waals surface area contributed by atoms with E-state index in [4.69, 9.17) is 33.5 Å². The fourth-order valence-electron chi connectivity index (χ4n) is 4.97. The maximum Gasteiger partial charge on any atom is 0.530 e. The molecule has 0 bridgehead atoms. The van der Waals surface area contributed by atoms with E-state index in [-0.39, 0.29) is 41.8 Å². The first kappa shape index (κ1) is 32.3. The lowest BCUT2D eigenvalue weighted by Crippen LogP contribution is -2.45. The van der Waals surface area contributed by atoms with Crippen LogP contribution in [0, 0.1) is 0 Å². The molecule has 1 aromatic carbocycles. The van der Waals surface area contributed by atoms with Gasteiger partial charge in [0.15, 0.2) is 23.1 Å². The summed E-state index contributed by atoms with van der Waals surface area (Å²) < 4.78 is 69.2. The number of benzene rings is 1. The zero-order valence-electron chi connectivity index (χ0n) is 25.2. The monoisotopic (exact) mass is 652 g/mol. The van der Waals surface area contributed by atoms with Crippen LogP contribution in [-0.2, 0) is 39.0 Å². The summed E-state index contributed by atoms with van der Waals surface area (Å²) in [5.74, 6) is -0.503. The first-order chi connectivity index (χ1) is 21.3. The Morgan fingerprint density at radius 3 is 2.67 bits per heavy atom. The summed E-state index contributed by atoms with van der Waals surface area (Å²) in [7, 11) is -3.14. The predicted octanol–water partition coefficient (Wildman–Crippen LogP) is 3.25. The van der Waals surface area contributed by atoms with Crippen molar-refractivity contribution in [3.63, 3.8) is 0 Å². The number of nitrogens with one attached hydrogen (secondary N) is 1. The van der Waals surface area contributed by atoms with E-state index in [2.05, 4.69) is 25.0 Å². The molecule has 4 heterocycles. The number of aromatic nitrogens is 4. The van der Waals surface area contributed by atoms with Crippen LogP contribution in [0.4, 0.5) is 15.1 Å². The van der Waals surface area contributed by atoms with E-state index in [9.17, 15) is 14.2 Å². The number of alkyl carbamates (subject to hydrolysis) is 1. The number of nitrogen functional groups attached to an aromatic ring is 1. The smallest absolute Gasteiger partial charge is 0.476 e. The van der Waals surface area contributed by atoms with E-state index in [0.717, 1.165) is 0 Å². The van der Waals surface area contributed by atoms with Crippen molar-refractivity contribution < 1.29 is 51.1 Å². The topological polar surface area (TPSA) is 197 Å². The van der Waals surface area contributed by atoms with Gasteiger partial charge in [-0.05, 0) is 45.4 Å². The maximum absolute atomic E-state index is 16.5. The fraction of sp³-hybridized carbons (Fsp3) is 0.519. The number of halogens is 1. The average molecular weight is 653 g/mol. The molecule has 3 aromatic rings. The standard InChI is InChI=1S/C27H34FN6O10P/c1-6-39-22-19-21(32-25(29)33-22)34(13-30-19)24-27(4,28)20-18(42-24)12-40-45(37,44-20)43-16-9-7-15(8-10-16)11-17(31-26(36)38-5)23(35)41-14(2)3/h7-10,13-14,17-18,20,24H,6,11-12H2,1-5H3,(H,31,36)(H2,29,32,33)/t17-,18-,20-,24-,27-,45-/m1/s1. The molecule has 5 rings (SSSR count). The van der Waals surface area contributed by atoms with Gasteiger partial charge in [-0.1, -0.05) is 12.1 Å². The van der Waals surface area contributed by atoms with Crippen LogP contribution >= 0.6 is 7.82 Å². The minimum atomic E-state index is -4.32. The molecule has 0 aliphatic carbocycles. The highest BCUT2D eigenvalue weighted by Crippen LogP contribution is 2.59. The molecule has 0 radical (unpaired) electrons. The highest BCUT2D eigenvalue weighted by Gasteiger charge is 2.62. The van der Waals surface area contributed by atoms with Crippen LogP contribution in [0.1, 0.15) is 39.5 Å². The van der Waals surface area contributed by atoms with Crippen molar-refractivity contribution in [3.8, 4) is 11.6 Å². The number of hydrogen-bond acceptors (Lipinski definition) is 14. The van der Waals surface area contributed by atoms with Gasteiger partial charge >= 0.3 is 19.9 Å². The van der Waals surface area contributed by atoms with Crippen molar-refractivity contribution in [1.29, 1.82) is 0 Å². The Morgan fingerprint density at radius 2 is 2.00 bits per heavy atom. The van der Waals surface area contributed by atoms with Crippen LogP contribution in [0.2, 0.25) is 0 Å². The molecule has 2 aromatic heterocycles. The number of ether oxygens (including phenoxy) is 4. The molecule has 0 saturated carbocycles. The Kier molecular flexibility index (Phi) is 9.16. The van der Waals surface area contributed by atoms with Gasteiger partial charge in [-0.3, -0.25) is 13.6 Å². The zero-order valence-corrected chi connectivity index (χ0v) is 26.1. The molecule has 3 N–H and O–H groups in total. The molecular weight excluding hydrogens is 618 g/mol. The molecule has 2 saturated heterocycles. The summed E-state index contributed by atoms with van der Waals surface area (Å²) in [5.41, 5.74) is 4.65. The highest BCUT2D eigenvalue weighted by atomic mass is 31.2. The van der Waals surface area contributed by atoms with Crippen molar-refractivity contribution in [1.82, 2.24) is 24.8 Å². The average Bonchev–Trinajstić information content (AvgIpc) is 3.50. The van der Waals surface area contributed by atoms with Gasteiger partial charge in [-0.15, -0.1) is 0 Å². The lowest BCUT2D eigenvalue weighted by molar-refractivity contribution is -0.149. The molecule has 2 aliphatic rings. The summed E-state index contributed by atoms with van der Waals surface area (Å²) in [4.78, 5) is 36.8. The van der Waals surface area contributed by atoms with Gasteiger partial charge in [0.25, 0.3) is 0 Å². The van der Waals surface area contributed by atoms with E-state index >= 15 is 4.39 Å². The van der Waals surface area contributed by atoms with Crippen molar-refractivity contribution in [2.24, 2.45) is 0 Å². The minimum absolute atomic E-state index is 0.0693. The van der Waals surface area contributed by atoms with Crippen molar-refractivity contribution in [3.05, 3.63) is 36.2 Å². The third-order valence-corrected chi connectivity index (χ3v) is 8.34. The van der Waals surface area contributed by atoms with Crippen LogP contribution in [-0.4, -0.2) is 81.9 Å². The minimum Gasteiger partial charge on any atom is -0.476 e. The molecule has 6 atom stereocenters. The van der Waals surface area contributed by atoms with Crippen LogP contribution < -0.4 is 20.3 Å². The number of nitrogens with zero attached hydrogens (tertiary/aromatic N) is 4. The van der Waals surface area contributed by atoms with E-state index < -0.39 is 56.1 Å². The van der Waals surface area contributed by atoms with Gasteiger partial charge in [0.1, 0.15) is 24.0 Å². The molecule has 2 fully saturated rings. The van der Waals surface area contributed by atoms with Crippen LogP contribution in [0.25, 0.3) is 11.2 Å². The number of methoxy groups -OCH3 is 1. The number of anilines is 1. The van der Waals surface area contributed by atoms with E-state index in [1.165, 1.54) is 37.1 Å². The molecule has 244 valence electrons. The summed E-state index contributed by atoms with van der Waals surface area (Å²) in [6.45, 7) is 6.39. The van der Waals surface area contributed by atoms with Gasteiger partial charge in [0.2, 0.25) is 11.8 Å². The zero-order chi connectivity index (χ0) is 32.5. The Bertz CT molecular complexity index is 1600. The summed E-state index contributed by atoms with van der Waals surface area (Å²) in [6.07, 6.45) is -3.38. The second-order valence-electron chi connectivity index (χ2n) is 10.7. The number of carbonyl (C=O) groups is 2. The Hall–Kier alpha value is -4.05. The van der Waals surface area contributed by atoms with E-state index in [1.807, 2.05) is 0 Å². The number of fused-ring (bicyclic) bond motifs is 2. The number of amides is 1. The highest BCUT2D eigenvalue weighted by molar-refractivity contribution is 7.49. The third-order valence-electron chi connectivity index (χ3n) is 6.95. The second-order valence-corrected chi connectivity index (χ2v) is 12.3. The summed E-state index contributed by atoms with van der Waals surface area (Å²) >= 11 is 0. The number of phosphoric ester groups is 1. The van der Waals surface area contributed by atoms with Crippen molar-refractivity contribution in [2.45, 2.75) is 70.4 Å². The van der Waals surface area contributed by atoms with Crippen molar-refractivity contribution in [2.75, 3.05) is 26.1 Å². The molecule has 2 aliphatic heterocycles. The fourth-order valence-corrected chi connectivity index (χ4v) is 6.45. The van der Waals surface area contributed by atoms with Crippen LogP contribution in [0.15, 0.2) is 30.6 Å². The van der Waals surface area contributed by atoms with Gasteiger partial charge in [0, 0.05) is 6.42 Å². The summed E-state index contributed by atoms with van der Waals surface area (Å²) in [5, 5.41) is 2.45. The quantitative estimate of drug-likeness (QED) is 0.239. The molecule has 16 nitrogen and oxygen atoms in total. The lowest BCUT2D eigenvalue weighted by atomic mass is 9.98. The molecular formula is C27H34FN6O10P. The summed E-state index contributed by atoms with van der Waals surface area (Å²) in [6, 6.07) is 5.09. The number of nitrogens with two attached hydrogens (primary N) is 1. The van der Waals surface area contributed by atoms with Crippen LogP contribution in [0.3, 0.4) is 0 Å². The Morgan fingerprint density at radius 1 is 1.27 bits per heavy atom.